The molecule has 2 heterocycles. The molecule has 3 aromatic carbocycles. The summed E-state index contributed by atoms with van der Waals surface area (Å²) in [4.78, 5) is 0. The number of rotatable bonds is 11. The number of unbranched alkanes of at least 4 members (excludes halogenated alkanes) is 9. The van der Waals surface area contributed by atoms with E-state index < -0.39 is 0 Å². The number of halogens is 1. The Labute approximate surface area is 212 Å². The van der Waals surface area contributed by atoms with Crippen molar-refractivity contribution in [1.29, 1.82) is 0 Å². The third-order valence-corrected chi connectivity index (χ3v) is 8.09. The molecule has 0 atom stereocenters. The molecule has 0 unspecified atom stereocenters. The number of benzene rings is 3. The summed E-state index contributed by atoms with van der Waals surface area (Å²) in [5.41, 5.74) is 5.34. The van der Waals surface area contributed by atoms with Crippen molar-refractivity contribution in [2.45, 2.75) is 77.7 Å². The van der Waals surface area contributed by atoms with Crippen LogP contribution in [0.3, 0.4) is 0 Å². The van der Waals surface area contributed by atoms with Crippen LogP contribution >= 0.6 is 15.9 Å². The molecule has 0 radical (unpaired) electrons. The molecule has 5 rings (SSSR count). The lowest BCUT2D eigenvalue weighted by atomic mass is 10.1. The second-order valence-corrected chi connectivity index (χ2v) is 10.9. The van der Waals surface area contributed by atoms with Crippen LogP contribution in [0.4, 0.5) is 0 Å². The highest BCUT2D eigenvalue weighted by Gasteiger charge is 2.15. The highest BCUT2D eigenvalue weighted by molar-refractivity contribution is 9.10. The smallest absolute Gasteiger partial charge is 0.0499 e. The molecule has 0 aliphatic heterocycles. The average Bonchev–Trinajstić information content (AvgIpc) is 3.30. The van der Waals surface area contributed by atoms with Gasteiger partial charge in [0.1, 0.15) is 0 Å². The molecular formula is C31H37BrN2. The highest BCUT2D eigenvalue weighted by Crippen LogP contribution is 2.37. The van der Waals surface area contributed by atoms with Crippen molar-refractivity contribution >= 4 is 59.5 Å². The summed E-state index contributed by atoms with van der Waals surface area (Å²) < 4.78 is 6.06. The zero-order valence-corrected chi connectivity index (χ0v) is 22.3. The third-order valence-electron chi connectivity index (χ3n) is 7.60. The molecule has 0 aliphatic carbocycles. The van der Waals surface area contributed by atoms with E-state index >= 15 is 0 Å². The lowest BCUT2D eigenvalue weighted by Crippen LogP contribution is -1.98. The molecule has 34 heavy (non-hydrogen) atoms. The van der Waals surface area contributed by atoms with E-state index in [0.29, 0.717) is 0 Å². The van der Waals surface area contributed by atoms with E-state index in [4.69, 9.17) is 0 Å². The van der Waals surface area contributed by atoms with E-state index in [1.54, 1.807) is 0 Å². The fourth-order valence-corrected chi connectivity index (χ4v) is 6.08. The largest absolute Gasteiger partial charge is 0.344 e. The second kappa shape index (κ2) is 10.6. The van der Waals surface area contributed by atoms with E-state index in [1.807, 2.05) is 0 Å². The summed E-state index contributed by atoms with van der Waals surface area (Å²) in [6.07, 6.45) is 13.7. The monoisotopic (exact) mass is 516 g/mol. The number of hydrogen-bond donors (Lipinski definition) is 0. The molecule has 3 heteroatoms. The van der Waals surface area contributed by atoms with Crippen molar-refractivity contribution in [2.75, 3.05) is 0 Å². The third kappa shape index (κ3) is 4.52. The lowest BCUT2D eigenvalue weighted by Gasteiger charge is -2.08. The van der Waals surface area contributed by atoms with Crippen LogP contribution < -0.4 is 0 Å². The summed E-state index contributed by atoms with van der Waals surface area (Å²) in [6, 6.07) is 20.4. The summed E-state index contributed by atoms with van der Waals surface area (Å²) >= 11 is 3.71. The van der Waals surface area contributed by atoms with Gasteiger partial charge in [-0.25, -0.2) is 0 Å². The first kappa shape index (κ1) is 23.5. The van der Waals surface area contributed by atoms with Gasteiger partial charge in [-0.1, -0.05) is 98.8 Å². The zero-order chi connectivity index (χ0) is 23.5. The van der Waals surface area contributed by atoms with Gasteiger partial charge in [-0.05, 0) is 42.8 Å². The van der Waals surface area contributed by atoms with E-state index in [9.17, 15) is 0 Å². The topological polar surface area (TPSA) is 9.86 Å². The molecule has 0 amide bonds. The molecule has 2 aromatic heterocycles. The van der Waals surface area contributed by atoms with Crippen molar-refractivity contribution in [3.05, 3.63) is 59.1 Å². The van der Waals surface area contributed by atoms with Gasteiger partial charge in [0.15, 0.2) is 0 Å². The first-order valence-corrected chi connectivity index (χ1v) is 14.1. The van der Waals surface area contributed by atoms with Gasteiger partial charge in [0, 0.05) is 61.7 Å². The molecular weight excluding hydrogens is 480 g/mol. The van der Waals surface area contributed by atoms with Crippen molar-refractivity contribution in [3.63, 3.8) is 0 Å². The first-order valence-electron chi connectivity index (χ1n) is 13.3. The van der Waals surface area contributed by atoms with E-state index in [-0.39, 0.29) is 0 Å². The minimum atomic E-state index is 1.09. The maximum atomic E-state index is 3.71. The molecule has 0 N–H and O–H groups in total. The molecule has 0 saturated carbocycles. The fraction of sp³-hybridized carbons (Fsp3) is 0.419. The van der Waals surface area contributed by atoms with Crippen LogP contribution in [0, 0.1) is 0 Å². The van der Waals surface area contributed by atoms with Crippen LogP contribution in [-0.4, -0.2) is 9.13 Å². The predicted molar refractivity (Wildman–Crippen MR) is 153 cm³/mol. The number of fused-ring (bicyclic) bond motifs is 6. The average molecular weight is 518 g/mol. The Kier molecular flexibility index (Phi) is 7.29. The van der Waals surface area contributed by atoms with Gasteiger partial charge in [-0.3, -0.25) is 0 Å². The van der Waals surface area contributed by atoms with E-state index in [0.717, 1.165) is 11.0 Å². The number of hydrogen-bond acceptors (Lipinski definition) is 0. The van der Waals surface area contributed by atoms with Gasteiger partial charge in [0.2, 0.25) is 0 Å². The van der Waals surface area contributed by atoms with Crippen molar-refractivity contribution < 1.29 is 0 Å². The van der Waals surface area contributed by atoms with Crippen LogP contribution in [0.1, 0.15) is 71.1 Å². The Bertz CT molecular complexity index is 1420. The summed E-state index contributed by atoms with van der Waals surface area (Å²) in [5, 5.41) is 5.42. The van der Waals surface area contributed by atoms with Gasteiger partial charge < -0.3 is 9.13 Å². The molecule has 0 spiro atoms. The lowest BCUT2D eigenvalue weighted by molar-refractivity contribution is 0.541. The number of nitrogens with zero attached hydrogens (tertiary/aromatic N) is 2. The normalized spacial score (nSPS) is 12.1. The standard InChI is InChI=1S/C31H37BrN2/c1-3-4-5-6-7-8-9-10-11-14-19-34-29-18-17-23(32)20-25(29)27-21-30-26(22-31(27)34)24-15-12-13-16-28(24)33(30)2/h12-13,15-18,20-22H,3-11,14,19H2,1-2H3. The van der Waals surface area contributed by atoms with Crippen LogP contribution in [0.15, 0.2) is 59.1 Å². The number of para-hydroxylation sites is 1. The van der Waals surface area contributed by atoms with Crippen molar-refractivity contribution in [2.24, 2.45) is 7.05 Å². The predicted octanol–water partition coefficient (Wildman–Crippen LogP) is 10.1. The first-order chi connectivity index (χ1) is 16.7. The molecule has 0 bridgehead atoms. The molecule has 178 valence electrons. The molecule has 0 fully saturated rings. The Morgan fingerprint density at radius 1 is 0.588 bits per heavy atom. The number of aryl methyl sites for hydroxylation is 2. The fourth-order valence-electron chi connectivity index (χ4n) is 5.72. The minimum Gasteiger partial charge on any atom is -0.344 e. The van der Waals surface area contributed by atoms with Gasteiger partial charge in [-0.2, -0.15) is 0 Å². The summed E-state index contributed by atoms with van der Waals surface area (Å²) in [6.45, 7) is 3.38. The van der Waals surface area contributed by atoms with Crippen molar-refractivity contribution in [3.8, 4) is 0 Å². The maximum Gasteiger partial charge on any atom is 0.0499 e. The Balaban J connectivity index is 1.39. The quantitative estimate of drug-likeness (QED) is 0.154. The SMILES string of the molecule is CCCCCCCCCCCCn1c2ccc(Br)cc2c2cc3c(cc21)c1ccccc1n3C. The molecule has 0 aliphatic rings. The number of aromatic nitrogens is 2. The molecule has 0 saturated heterocycles. The van der Waals surface area contributed by atoms with Crippen LogP contribution in [0.2, 0.25) is 0 Å². The summed E-state index contributed by atoms with van der Waals surface area (Å²) in [5.74, 6) is 0. The maximum absolute atomic E-state index is 3.71. The van der Waals surface area contributed by atoms with Crippen LogP contribution in [0.5, 0.6) is 0 Å². The van der Waals surface area contributed by atoms with Crippen LogP contribution in [0.25, 0.3) is 43.6 Å². The highest BCUT2D eigenvalue weighted by atomic mass is 79.9. The van der Waals surface area contributed by atoms with Gasteiger partial charge in [-0.15, -0.1) is 0 Å². The summed E-state index contributed by atoms with van der Waals surface area (Å²) in [7, 11) is 2.19. The Morgan fingerprint density at radius 3 is 1.97 bits per heavy atom. The molecule has 2 nitrogen and oxygen atoms in total. The molecule has 5 aromatic rings. The minimum absolute atomic E-state index is 1.09. The van der Waals surface area contributed by atoms with E-state index in [2.05, 4.69) is 93.6 Å². The Morgan fingerprint density at radius 2 is 1.21 bits per heavy atom. The van der Waals surface area contributed by atoms with E-state index in [1.165, 1.54) is 108 Å². The second-order valence-electron chi connectivity index (χ2n) is 9.96. The van der Waals surface area contributed by atoms with Gasteiger partial charge in [0.25, 0.3) is 0 Å². The Hall–Kier alpha value is -2.26. The van der Waals surface area contributed by atoms with Gasteiger partial charge in [0.05, 0.1) is 0 Å². The van der Waals surface area contributed by atoms with Crippen LogP contribution in [-0.2, 0) is 13.6 Å². The zero-order valence-electron chi connectivity index (χ0n) is 20.7. The van der Waals surface area contributed by atoms with Gasteiger partial charge >= 0.3 is 0 Å². The van der Waals surface area contributed by atoms with Crippen molar-refractivity contribution in [1.82, 2.24) is 9.13 Å².